The Kier molecular flexibility index (Phi) is 7.14. The van der Waals surface area contributed by atoms with Crippen molar-refractivity contribution >= 4 is 34.1 Å². The monoisotopic (exact) mass is 461 g/mol. The fourth-order valence-corrected chi connectivity index (χ4v) is 4.72. The summed E-state index contributed by atoms with van der Waals surface area (Å²) < 4.78 is 2.01. The summed E-state index contributed by atoms with van der Waals surface area (Å²) in [7, 11) is 0. The molecule has 162 valence electrons. The molecule has 1 N–H and O–H groups in total. The Morgan fingerprint density at radius 3 is 2.59 bits per heavy atom. The topological polar surface area (TPSA) is 72.7 Å². The van der Waals surface area contributed by atoms with E-state index in [0.717, 1.165) is 22.6 Å². The highest BCUT2D eigenvalue weighted by atomic mass is 32.2. The second-order valence-electron chi connectivity index (χ2n) is 7.11. The van der Waals surface area contributed by atoms with Crippen molar-refractivity contribution in [3.63, 3.8) is 0 Å². The third-order valence-electron chi connectivity index (χ3n) is 4.77. The lowest BCUT2D eigenvalue weighted by Crippen LogP contribution is -2.23. The van der Waals surface area contributed by atoms with Crippen LogP contribution < -0.4 is 5.32 Å². The van der Waals surface area contributed by atoms with Gasteiger partial charge in [0.15, 0.2) is 10.3 Å². The molecule has 0 fully saturated rings. The standard InChI is InChI=1S/C24H23N5OS2/c1-3-14-29-21(15-18-10-6-4-7-11-18)27-28-24(29)32-17(2)22(30)26-23-25-20(16-31-23)19-12-8-5-9-13-19/h3-13,16-17H,1,14-15H2,2H3,(H,25,26,30). The molecule has 1 amide bonds. The Morgan fingerprint density at radius 2 is 1.88 bits per heavy atom. The lowest BCUT2D eigenvalue weighted by Gasteiger charge is -2.12. The van der Waals surface area contributed by atoms with Crippen molar-refractivity contribution in [2.75, 3.05) is 5.32 Å². The van der Waals surface area contributed by atoms with Gasteiger partial charge in [0.05, 0.1) is 10.9 Å². The Hall–Kier alpha value is -3.23. The minimum atomic E-state index is -0.364. The molecule has 6 nitrogen and oxygen atoms in total. The summed E-state index contributed by atoms with van der Waals surface area (Å²) in [5, 5.41) is 14.5. The fraction of sp³-hybridized carbons (Fsp3) is 0.167. The number of allylic oxidation sites excluding steroid dienone is 1. The molecule has 2 heterocycles. The number of carbonyl (C=O) groups excluding carboxylic acids is 1. The fourth-order valence-electron chi connectivity index (χ4n) is 3.12. The number of anilines is 1. The van der Waals surface area contributed by atoms with E-state index < -0.39 is 0 Å². The molecule has 0 aliphatic rings. The molecule has 0 aliphatic heterocycles. The van der Waals surface area contributed by atoms with Crippen LogP contribution in [0.4, 0.5) is 5.13 Å². The van der Waals surface area contributed by atoms with Crippen LogP contribution >= 0.6 is 23.1 Å². The predicted octanol–water partition coefficient (Wildman–Crippen LogP) is 5.30. The molecule has 0 bridgehead atoms. The van der Waals surface area contributed by atoms with Gasteiger partial charge in [0.2, 0.25) is 5.91 Å². The van der Waals surface area contributed by atoms with Crippen molar-refractivity contribution in [1.82, 2.24) is 19.7 Å². The number of carbonyl (C=O) groups is 1. The number of benzene rings is 2. The van der Waals surface area contributed by atoms with Gasteiger partial charge in [-0.1, -0.05) is 78.5 Å². The number of nitrogens with zero attached hydrogens (tertiary/aromatic N) is 4. The smallest absolute Gasteiger partial charge is 0.239 e. The number of thioether (sulfide) groups is 1. The van der Waals surface area contributed by atoms with Crippen molar-refractivity contribution in [3.05, 3.63) is 90.1 Å². The number of hydrogen-bond acceptors (Lipinski definition) is 6. The molecule has 2 aromatic heterocycles. The molecule has 1 atom stereocenters. The second kappa shape index (κ2) is 10.4. The Labute approximate surface area is 195 Å². The highest BCUT2D eigenvalue weighted by Crippen LogP contribution is 2.27. The summed E-state index contributed by atoms with van der Waals surface area (Å²) in [4.78, 5) is 17.3. The molecule has 0 spiro atoms. The average molecular weight is 462 g/mol. The van der Waals surface area contributed by atoms with Crippen molar-refractivity contribution in [2.24, 2.45) is 0 Å². The number of amides is 1. The molecular formula is C24H23N5OS2. The first-order chi connectivity index (χ1) is 15.6. The zero-order valence-corrected chi connectivity index (χ0v) is 19.3. The minimum absolute atomic E-state index is 0.123. The van der Waals surface area contributed by atoms with Gasteiger partial charge in [-0.2, -0.15) is 0 Å². The summed E-state index contributed by atoms with van der Waals surface area (Å²) >= 11 is 2.79. The van der Waals surface area contributed by atoms with Gasteiger partial charge in [0.1, 0.15) is 5.82 Å². The number of thiazole rings is 1. The van der Waals surface area contributed by atoms with Crippen LogP contribution in [0.1, 0.15) is 18.3 Å². The van der Waals surface area contributed by atoms with Crippen molar-refractivity contribution in [2.45, 2.75) is 30.3 Å². The van der Waals surface area contributed by atoms with E-state index in [9.17, 15) is 4.79 Å². The highest BCUT2D eigenvalue weighted by Gasteiger charge is 2.21. The molecule has 32 heavy (non-hydrogen) atoms. The number of aromatic nitrogens is 4. The third kappa shape index (κ3) is 5.33. The van der Waals surface area contributed by atoms with Crippen LogP contribution in [0.15, 0.2) is 83.9 Å². The van der Waals surface area contributed by atoms with Crippen LogP contribution in [0.25, 0.3) is 11.3 Å². The maximum atomic E-state index is 12.8. The molecule has 2 aromatic carbocycles. The first kappa shape index (κ1) is 22.0. The van der Waals surface area contributed by atoms with Crippen LogP contribution in [0.2, 0.25) is 0 Å². The largest absolute Gasteiger partial charge is 0.302 e. The van der Waals surface area contributed by atoms with Gasteiger partial charge in [-0.3, -0.25) is 4.79 Å². The maximum Gasteiger partial charge on any atom is 0.239 e. The summed E-state index contributed by atoms with van der Waals surface area (Å²) in [5.41, 5.74) is 3.03. The van der Waals surface area contributed by atoms with Gasteiger partial charge in [-0.15, -0.1) is 28.1 Å². The van der Waals surface area contributed by atoms with E-state index in [2.05, 4.69) is 39.2 Å². The normalized spacial score (nSPS) is 11.8. The first-order valence-corrected chi connectivity index (χ1v) is 12.0. The van der Waals surface area contributed by atoms with Crippen LogP contribution in [0.5, 0.6) is 0 Å². The molecule has 0 radical (unpaired) electrons. The average Bonchev–Trinajstić information content (AvgIpc) is 3.43. The summed E-state index contributed by atoms with van der Waals surface area (Å²) in [6, 6.07) is 20.0. The van der Waals surface area contributed by atoms with Gasteiger partial charge in [0, 0.05) is 23.9 Å². The van der Waals surface area contributed by atoms with Crippen LogP contribution in [-0.4, -0.2) is 30.9 Å². The maximum absolute atomic E-state index is 12.8. The molecule has 8 heteroatoms. The van der Waals surface area contributed by atoms with E-state index in [-0.39, 0.29) is 11.2 Å². The van der Waals surface area contributed by atoms with Crippen molar-refractivity contribution in [1.29, 1.82) is 0 Å². The molecule has 0 aliphatic carbocycles. The van der Waals surface area contributed by atoms with Crippen LogP contribution in [0, 0.1) is 0 Å². The van der Waals surface area contributed by atoms with Gasteiger partial charge in [0.25, 0.3) is 0 Å². The van der Waals surface area contributed by atoms with Gasteiger partial charge in [-0.05, 0) is 12.5 Å². The van der Waals surface area contributed by atoms with E-state index in [4.69, 9.17) is 0 Å². The Balaban J connectivity index is 1.43. The number of hydrogen-bond donors (Lipinski definition) is 1. The van der Waals surface area contributed by atoms with Crippen molar-refractivity contribution in [3.8, 4) is 11.3 Å². The minimum Gasteiger partial charge on any atom is -0.302 e. The number of nitrogens with one attached hydrogen (secondary N) is 1. The lowest BCUT2D eigenvalue weighted by molar-refractivity contribution is -0.115. The van der Waals surface area contributed by atoms with E-state index >= 15 is 0 Å². The third-order valence-corrected chi connectivity index (χ3v) is 6.60. The quantitative estimate of drug-likeness (QED) is 0.271. The van der Waals surface area contributed by atoms with Crippen molar-refractivity contribution < 1.29 is 4.79 Å². The Morgan fingerprint density at radius 1 is 1.16 bits per heavy atom. The number of rotatable bonds is 9. The van der Waals surface area contributed by atoms with Crippen LogP contribution in [0.3, 0.4) is 0 Å². The summed E-state index contributed by atoms with van der Waals surface area (Å²) in [5.74, 6) is 0.723. The van der Waals surface area contributed by atoms with Gasteiger partial charge in [-0.25, -0.2) is 4.98 Å². The van der Waals surface area contributed by atoms with E-state index in [0.29, 0.717) is 23.3 Å². The Bertz CT molecular complexity index is 1190. The lowest BCUT2D eigenvalue weighted by atomic mass is 10.1. The van der Waals surface area contributed by atoms with Crippen LogP contribution in [-0.2, 0) is 17.8 Å². The zero-order chi connectivity index (χ0) is 22.3. The SMILES string of the molecule is C=CCn1c(Cc2ccccc2)nnc1SC(C)C(=O)Nc1nc(-c2ccccc2)cs1. The zero-order valence-electron chi connectivity index (χ0n) is 17.6. The molecule has 4 rings (SSSR count). The van der Waals surface area contributed by atoms with Gasteiger partial charge >= 0.3 is 0 Å². The summed E-state index contributed by atoms with van der Waals surface area (Å²) in [6.07, 6.45) is 2.48. The predicted molar refractivity (Wildman–Crippen MR) is 131 cm³/mol. The molecular weight excluding hydrogens is 438 g/mol. The molecule has 0 saturated heterocycles. The van der Waals surface area contributed by atoms with E-state index in [1.807, 2.05) is 71.5 Å². The van der Waals surface area contributed by atoms with E-state index in [1.54, 1.807) is 0 Å². The first-order valence-electron chi connectivity index (χ1n) is 10.2. The molecule has 4 aromatic rings. The molecule has 0 saturated carbocycles. The van der Waals surface area contributed by atoms with Gasteiger partial charge < -0.3 is 9.88 Å². The summed E-state index contributed by atoms with van der Waals surface area (Å²) in [6.45, 7) is 6.29. The second-order valence-corrected chi connectivity index (χ2v) is 9.28. The molecule has 1 unspecified atom stereocenters. The highest BCUT2D eigenvalue weighted by molar-refractivity contribution is 8.00. The van der Waals surface area contributed by atoms with E-state index in [1.165, 1.54) is 23.1 Å².